The zero-order valence-electron chi connectivity index (χ0n) is 16.9. The highest BCUT2D eigenvalue weighted by molar-refractivity contribution is 5.94. The number of pyridine rings is 1. The molecule has 0 saturated carbocycles. The lowest BCUT2D eigenvalue weighted by Crippen LogP contribution is -2.23. The first kappa shape index (κ1) is 21.0. The summed E-state index contributed by atoms with van der Waals surface area (Å²) >= 11 is 0. The molecule has 0 radical (unpaired) electrons. The fraction of sp³-hybridized carbons (Fsp3) is 0.208. The summed E-state index contributed by atoms with van der Waals surface area (Å²) in [5.41, 5.74) is 3.27. The number of rotatable bonds is 9. The molecule has 0 spiro atoms. The molecular weight excluding hydrogens is 378 g/mol. The van der Waals surface area contributed by atoms with Crippen LogP contribution in [0.2, 0.25) is 0 Å². The largest absolute Gasteiger partial charge is 0.484 e. The SMILES string of the molecule is CCCc1ccc(OCC(=O)Nc2cccc(CNC(=O)c3cccnc3)c2)cc1. The molecule has 2 amide bonds. The fourth-order valence-electron chi connectivity index (χ4n) is 2.93. The Kier molecular flexibility index (Phi) is 7.55. The molecule has 0 atom stereocenters. The summed E-state index contributed by atoms with van der Waals surface area (Å²) < 4.78 is 5.56. The van der Waals surface area contributed by atoms with E-state index < -0.39 is 0 Å². The van der Waals surface area contributed by atoms with Crippen LogP contribution in [0.25, 0.3) is 0 Å². The van der Waals surface area contributed by atoms with Gasteiger partial charge < -0.3 is 15.4 Å². The minimum Gasteiger partial charge on any atom is -0.484 e. The summed E-state index contributed by atoms with van der Waals surface area (Å²) in [5, 5.41) is 5.66. The summed E-state index contributed by atoms with van der Waals surface area (Å²) in [6.45, 7) is 2.41. The average molecular weight is 403 g/mol. The van der Waals surface area contributed by atoms with Crippen molar-refractivity contribution in [2.24, 2.45) is 0 Å². The Morgan fingerprint density at radius 3 is 2.57 bits per heavy atom. The van der Waals surface area contributed by atoms with Crippen LogP contribution in [0.4, 0.5) is 5.69 Å². The number of hydrogen-bond donors (Lipinski definition) is 2. The molecule has 6 heteroatoms. The van der Waals surface area contributed by atoms with Gasteiger partial charge in [0, 0.05) is 24.6 Å². The van der Waals surface area contributed by atoms with E-state index in [2.05, 4.69) is 22.5 Å². The standard InChI is InChI=1S/C24H25N3O3/c1-2-5-18-9-11-22(12-10-18)30-17-23(28)27-21-8-3-6-19(14-21)15-26-24(29)20-7-4-13-25-16-20/h3-4,6-14,16H,2,5,15,17H2,1H3,(H,26,29)(H,27,28). The molecular formula is C24H25N3O3. The van der Waals surface area contributed by atoms with Gasteiger partial charge in [-0.25, -0.2) is 0 Å². The Morgan fingerprint density at radius 2 is 1.83 bits per heavy atom. The second kappa shape index (κ2) is 10.8. The van der Waals surface area contributed by atoms with Gasteiger partial charge in [0.05, 0.1) is 5.56 Å². The zero-order chi connectivity index (χ0) is 21.2. The summed E-state index contributed by atoms with van der Waals surface area (Å²) in [5.74, 6) is 0.219. The third kappa shape index (κ3) is 6.44. The van der Waals surface area contributed by atoms with Gasteiger partial charge in [-0.2, -0.15) is 0 Å². The van der Waals surface area contributed by atoms with E-state index in [-0.39, 0.29) is 18.4 Å². The second-order valence-corrected chi connectivity index (χ2v) is 6.86. The lowest BCUT2D eigenvalue weighted by atomic mass is 10.1. The number of ether oxygens (including phenoxy) is 1. The van der Waals surface area contributed by atoms with E-state index in [9.17, 15) is 9.59 Å². The van der Waals surface area contributed by atoms with E-state index >= 15 is 0 Å². The van der Waals surface area contributed by atoms with Crippen LogP contribution in [0.1, 0.15) is 34.8 Å². The molecule has 3 rings (SSSR count). The predicted octanol–water partition coefficient (Wildman–Crippen LogP) is 3.98. The molecule has 6 nitrogen and oxygen atoms in total. The minimum atomic E-state index is -0.246. The van der Waals surface area contributed by atoms with Crippen molar-refractivity contribution in [1.29, 1.82) is 0 Å². The number of carbonyl (C=O) groups is 2. The van der Waals surface area contributed by atoms with Gasteiger partial charge in [-0.1, -0.05) is 37.6 Å². The van der Waals surface area contributed by atoms with Crippen molar-refractivity contribution >= 4 is 17.5 Å². The van der Waals surface area contributed by atoms with Crippen LogP contribution in [-0.2, 0) is 17.8 Å². The monoisotopic (exact) mass is 403 g/mol. The number of nitrogens with zero attached hydrogens (tertiary/aromatic N) is 1. The molecule has 2 N–H and O–H groups in total. The van der Waals surface area contributed by atoms with Gasteiger partial charge in [0.2, 0.25) is 0 Å². The van der Waals surface area contributed by atoms with Gasteiger partial charge in [0.25, 0.3) is 11.8 Å². The third-order valence-corrected chi connectivity index (χ3v) is 4.42. The Morgan fingerprint density at radius 1 is 1.00 bits per heavy atom. The van der Waals surface area contributed by atoms with Crippen LogP contribution in [0.5, 0.6) is 5.75 Å². The fourth-order valence-corrected chi connectivity index (χ4v) is 2.93. The number of aromatic nitrogens is 1. The van der Waals surface area contributed by atoms with Gasteiger partial charge in [-0.15, -0.1) is 0 Å². The lowest BCUT2D eigenvalue weighted by Gasteiger charge is -2.10. The molecule has 0 aliphatic heterocycles. The first-order valence-electron chi connectivity index (χ1n) is 9.93. The van der Waals surface area contributed by atoms with Crippen molar-refractivity contribution in [3.05, 3.63) is 89.7 Å². The van der Waals surface area contributed by atoms with Crippen molar-refractivity contribution in [3.63, 3.8) is 0 Å². The van der Waals surface area contributed by atoms with Gasteiger partial charge in [0.15, 0.2) is 6.61 Å². The van der Waals surface area contributed by atoms with Crippen LogP contribution in [0, 0.1) is 0 Å². The second-order valence-electron chi connectivity index (χ2n) is 6.86. The Balaban J connectivity index is 1.48. The maximum absolute atomic E-state index is 12.2. The molecule has 154 valence electrons. The molecule has 0 saturated heterocycles. The van der Waals surface area contributed by atoms with E-state index in [1.807, 2.05) is 42.5 Å². The highest BCUT2D eigenvalue weighted by atomic mass is 16.5. The molecule has 0 aliphatic carbocycles. The van der Waals surface area contributed by atoms with Gasteiger partial charge >= 0.3 is 0 Å². The van der Waals surface area contributed by atoms with E-state index in [1.54, 1.807) is 24.4 Å². The smallest absolute Gasteiger partial charge is 0.262 e. The molecule has 2 aromatic carbocycles. The Labute approximate surface area is 176 Å². The molecule has 0 aliphatic rings. The molecule has 30 heavy (non-hydrogen) atoms. The molecule has 0 unspecified atom stereocenters. The maximum atomic E-state index is 12.2. The third-order valence-electron chi connectivity index (χ3n) is 4.42. The number of amides is 2. The van der Waals surface area contributed by atoms with E-state index in [0.717, 1.165) is 18.4 Å². The minimum absolute atomic E-state index is 0.0743. The van der Waals surface area contributed by atoms with Gasteiger partial charge in [-0.05, 0) is 53.9 Å². The zero-order valence-corrected chi connectivity index (χ0v) is 16.9. The maximum Gasteiger partial charge on any atom is 0.262 e. The number of carbonyl (C=O) groups excluding carboxylic acids is 2. The van der Waals surface area contributed by atoms with E-state index in [4.69, 9.17) is 4.74 Å². The number of benzene rings is 2. The van der Waals surface area contributed by atoms with Crippen LogP contribution in [0.15, 0.2) is 73.1 Å². The number of anilines is 1. The number of nitrogens with one attached hydrogen (secondary N) is 2. The van der Waals surface area contributed by atoms with Crippen LogP contribution >= 0.6 is 0 Å². The highest BCUT2D eigenvalue weighted by Gasteiger charge is 2.07. The summed E-state index contributed by atoms with van der Waals surface area (Å²) in [6, 6.07) is 18.5. The quantitative estimate of drug-likeness (QED) is 0.566. The topological polar surface area (TPSA) is 80.3 Å². The Hall–Kier alpha value is -3.67. The van der Waals surface area contributed by atoms with Crippen LogP contribution in [0.3, 0.4) is 0 Å². The number of aryl methyl sites for hydroxylation is 1. The average Bonchev–Trinajstić information content (AvgIpc) is 2.78. The van der Waals surface area contributed by atoms with E-state index in [0.29, 0.717) is 23.5 Å². The van der Waals surface area contributed by atoms with Crippen LogP contribution in [-0.4, -0.2) is 23.4 Å². The van der Waals surface area contributed by atoms with Crippen molar-refractivity contribution in [1.82, 2.24) is 10.3 Å². The van der Waals surface area contributed by atoms with Gasteiger partial charge in [-0.3, -0.25) is 14.6 Å². The predicted molar refractivity (Wildman–Crippen MR) is 116 cm³/mol. The lowest BCUT2D eigenvalue weighted by molar-refractivity contribution is -0.118. The highest BCUT2D eigenvalue weighted by Crippen LogP contribution is 2.14. The first-order chi connectivity index (χ1) is 14.6. The summed E-state index contributed by atoms with van der Waals surface area (Å²) in [4.78, 5) is 28.3. The van der Waals surface area contributed by atoms with Gasteiger partial charge in [0.1, 0.15) is 5.75 Å². The molecule has 1 heterocycles. The van der Waals surface area contributed by atoms with Crippen molar-refractivity contribution in [3.8, 4) is 5.75 Å². The number of hydrogen-bond acceptors (Lipinski definition) is 4. The van der Waals surface area contributed by atoms with E-state index in [1.165, 1.54) is 11.8 Å². The first-order valence-corrected chi connectivity index (χ1v) is 9.93. The normalized spacial score (nSPS) is 10.3. The summed E-state index contributed by atoms with van der Waals surface area (Å²) in [6.07, 6.45) is 5.26. The molecule has 0 bridgehead atoms. The molecule has 1 aromatic heterocycles. The van der Waals surface area contributed by atoms with Crippen molar-refractivity contribution < 1.29 is 14.3 Å². The summed E-state index contributed by atoms with van der Waals surface area (Å²) in [7, 11) is 0. The van der Waals surface area contributed by atoms with Crippen LogP contribution < -0.4 is 15.4 Å². The molecule has 0 fully saturated rings. The molecule has 3 aromatic rings. The van der Waals surface area contributed by atoms with Crippen molar-refractivity contribution in [2.45, 2.75) is 26.3 Å². The Bertz CT molecular complexity index is 973. The van der Waals surface area contributed by atoms with Crippen molar-refractivity contribution in [2.75, 3.05) is 11.9 Å².